The van der Waals surface area contributed by atoms with Crippen molar-refractivity contribution < 1.29 is 9.53 Å². The van der Waals surface area contributed by atoms with Gasteiger partial charge >= 0.3 is 6.09 Å². The van der Waals surface area contributed by atoms with Crippen LogP contribution in [0.25, 0.3) is 0 Å². The SMILES string of the molecule is CC(NCC(NC(=O)OC(C)(C)C)C(C)C)c1cc(Cl)sc1Cl. The van der Waals surface area contributed by atoms with Gasteiger partial charge in [0.05, 0.1) is 8.67 Å². The van der Waals surface area contributed by atoms with E-state index in [0.29, 0.717) is 15.2 Å². The van der Waals surface area contributed by atoms with Gasteiger partial charge in [-0.1, -0.05) is 37.0 Å². The molecule has 0 aliphatic carbocycles. The highest BCUT2D eigenvalue weighted by atomic mass is 35.5. The zero-order valence-corrected chi connectivity index (χ0v) is 16.8. The van der Waals surface area contributed by atoms with Crippen LogP contribution in [0.3, 0.4) is 0 Å². The lowest BCUT2D eigenvalue weighted by Gasteiger charge is -2.27. The van der Waals surface area contributed by atoms with Crippen molar-refractivity contribution in [3.05, 3.63) is 20.3 Å². The second kappa shape index (κ2) is 8.56. The van der Waals surface area contributed by atoms with Crippen molar-refractivity contribution >= 4 is 40.6 Å². The number of thiophene rings is 1. The van der Waals surface area contributed by atoms with E-state index in [1.807, 2.05) is 33.8 Å². The van der Waals surface area contributed by atoms with Crippen LogP contribution in [0, 0.1) is 5.92 Å². The molecule has 0 radical (unpaired) electrons. The van der Waals surface area contributed by atoms with E-state index in [0.717, 1.165) is 5.56 Å². The van der Waals surface area contributed by atoms with Crippen LogP contribution < -0.4 is 10.6 Å². The van der Waals surface area contributed by atoms with Gasteiger partial charge in [-0.2, -0.15) is 0 Å². The van der Waals surface area contributed by atoms with Gasteiger partial charge in [-0.25, -0.2) is 4.79 Å². The molecular formula is C16H26Cl2N2O2S. The number of nitrogens with one attached hydrogen (secondary N) is 2. The lowest BCUT2D eigenvalue weighted by molar-refractivity contribution is 0.0489. The second-order valence-corrected chi connectivity index (χ2v) is 9.19. The Morgan fingerprint density at radius 2 is 1.91 bits per heavy atom. The van der Waals surface area contributed by atoms with Gasteiger partial charge in [0, 0.05) is 18.6 Å². The summed E-state index contributed by atoms with van der Waals surface area (Å²) in [5.74, 6) is 0.267. The van der Waals surface area contributed by atoms with E-state index >= 15 is 0 Å². The molecule has 0 aliphatic heterocycles. The molecule has 0 saturated carbocycles. The molecular weight excluding hydrogens is 355 g/mol. The summed E-state index contributed by atoms with van der Waals surface area (Å²) in [7, 11) is 0. The van der Waals surface area contributed by atoms with E-state index in [-0.39, 0.29) is 18.0 Å². The second-order valence-electron chi connectivity index (χ2n) is 6.91. The van der Waals surface area contributed by atoms with Crippen LogP contribution in [0.5, 0.6) is 0 Å². The molecule has 0 aliphatic rings. The fraction of sp³-hybridized carbons (Fsp3) is 0.688. The third-order valence-corrected chi connectivity index (χ3v) is 4.82. The van der Waals surface area contributed by atoms with Gasteiger partial charge in [0.1, 0.15) is 5.60 Å². The number of carbonyl (C=O) groups excluding carboxylic acids is 1. The van der Waals surface area contributed by atoms with Crippen LogP contribution in [-0.4, -0.2) is 24.3 Å². The predicted octanol–water partition coefficient (Wildman–Crippen LogP) is 5.25. The minimum Gasteiger partial charge on any atom is -0.444 e. The average molecular weight is 381 g/mol. The van der Waals surface area contributed by atoms with Gasteiger partial charge in [-0.15, -0.1) is 11.3 Å². The van der Waals surface area contributed by atoms with Gasteiger partial charge in [-0.05, 0) is 45.2 Å². The molecule has 132 valence electrons. The van der Waals surface area contributed by atoms with Crippen LogP contribution in [0.4, 0.5) is 4.79 Å². The number of amides is 1. The first kappa shape index (κ1) is 20.6. The van der Waals surface area contributed by atoms with E-state index in [2.05, 4.69) is 24.5 Å². The standard InChI is InChI=1S/C16H26Cl2N2O2S/c1-9(2)12(20-15(21)22-16(4,5)6)8-19-10(3)11-7-13(17)23-14(11)18/h7,9-10,12,19H,8H2,1-6H3,(H,20,21). The number of hydrogen-bond donors (Lipinski definition) is 2. The van der Waals surface area contributed by atoms with Crippen molar-refractivity contribution in [2.24, 2.45) is 5.92 Å². The Bertz CT molecular complexity index is 527. The molecule has 1 aromatic rings. The number of carbonyl (C=O) groups is 1. The first-order valence-corrected chi connectivity index (χ1v) is 9.24. The summed E-state index contributed by atoms with van der Waals surface area (Å²) in [5.41, 5.74) is 0.467. The Hall–Kier alpha value is -0.490. The van der Waals surface area contributed by atoms with E-state index in [9.17, 15) is 4.79 Å². The first-order chi connectivity index (χ1) is 10.5. The van der Waals surface area contributed by atoms with Crippen LogP contribution in [-0.2, 0) is 4.74 Å². The number of halogens is 2. The van der Waals surface area contributed by atoms with Crippen molar-refractivity contribution in [1.29, 1.82) is 0 Å². The maximum Gasteiger partial charge on any atom is 0.407 e. The monoisotopic (exact) mass is 380 g/mol. The van der Waals surface area contributed by atoms with Crippen molar-refractivity contribution in [3.8, 4) is 0 Å². The number of ether oxygens (including phenoxy) is 1. The normalized spacial score (nSPS) is 14.7. The van der Waals surface area contributed by atoms with Crippen LogP contribution in [0.2, 0.25) is 8.67 Å². The summed E-state index contributed by atoms with van der Waals surface area (Å²) in [6, 6.07) is 1.88. The molecule has 2 N–H and O–H groups in total. The molecule has 1 rings (SSSR count). The zero-order valence-electron chi connectivity index (χ0n) is 14.5. The first-order valence-electron chi connectivity index (χ1n) is 7.67. The Morgan fingerprint density at radius 3 is 2.35 bits per heavy atom. The van der Waals surface area contributed by atoms with Crippen LogP contribution in [0.1, 0.15) is 53.1 Å². The highest BCUT2D eigenvalue weighted by Crippen LogP contribution is 2.34. The molecule has 1 amide bonds. The number of alkyl carbamates (subject to hydrolysis) is 1. The quantitative estimate of drug-likeness (QED) is 0.707. The van der Waals surface area contributed by atoms with Crippen LogP contribution >= 0.6 is 34.5 Å². The van der Waals surface area contributed by atoms with Crippen molar-refractivity contribution in [3.63, 3.8) is 0 Å². The lowest BCUT2D eigenvalue weighted by atomic mass is 10.0. The summed E-state index contributed by atoms with van der Waals surface area (Å²) in [5, 5.41) is 6.32. The smallest absolute Gasteiger partial charge is 0.407 e. The minimum atomic E-state index is -0.507. The molecule has 1 heterocycles. The molecule has 0 spiro atoms. The third kappa shape index (κ3) is 7.29. The Balaban J connectivity index is 2.59. The lowest BCUT2D eigenvalue weighted by Crippen LogP contribution is -2.47. The van der Waals surface area contributed by atoms with E-state index < -0.39 is 11.7 Å². The van der Waals surface area contributed by atoms with Gasteiger partial charge in [-0.3, -0.25) is 0 Å². The molecule has 0 aromatic carbocycles. The maximum absolute atomic E-state index is 11.9. The molecule has 2 unspecified atom stereocenters. The molecule has 4 nitrogen and oxygen atoms in total. The van der Waals surface area contributed by atoms with Crippen LogP contribution in [0.15, 0.2) is 6.07 Å². The van der Waals surface area contributed by atoms with Gasteiger partial charge in [0.15, 0.2) is 0 Å². The van der Waals surface area contributed by atoms with Crippen molar-refractivity contribution in [2.75, 3.05) is 6.54 Å². The summed E-state index contributed by atoms with van der Waals surface area (Å²) < 4.78 is 6.68. The number of hydrogen-bond acceptors (Lipinski definition) is 4. The molecule has 2 atom stereocenters. The summed E-state index contributed by atoms with van der Waals surface area (Å²) >= 11 is 13.5. The van der Waals surface area contributed by atoms with Crippen molar-refractivity contribution in [2.45, 2.75) is 59.2 Å². The van der Waals surface area contributed by atoms with Gasteiger partial charge in [0.2, 0.25) is 0 Å². The van der Waals surface area contributed by atoms with Crippen molar-refractivity contribution in [1.82, 2.24) is 10.6 Å². The summed E-state index contributed by atoms with van der Waals surface area (Å²) in [6.45, 7) is 12.3. The van der Waals surface area contributed by atoms with E-state index in [1.165, 1.54) is 11.3 Å². The highest BCUT2D eigenvalue weighted by molar-refractivity contribution is 7.20. The van der Waals surface area contributed by atoms with Gasteiger partial charge in [0.25, 0.3) is 0 Å². The average Bonchev–Trinajstić information content (AvgIpc) is 2.70. The zero-order chi connectivity index (χ0) is 17.8. The molecule has 1 aromatic heterocycles. The highest BCUT2D eigenvalue weighted by Gasteiger charge is 2.22. The maximum atomic E-state index is 11.9. The fourth-order valence-corrected chi connectivity index (χ4v) is 3.62. The fourth-order valence-electron chi connectivity index (χ4n) is 1.97. The Morgan fingerprint density at radius 1 is 1.30 bits per heavy atom. The number of rotatable bonds is 6. The Kier molecular flexibility index (Phi) is 7.65. The molecule has 0 fully saturated rings. The molecule has 0 saturated heterocycles. The molecule has 7 heteroatoms. The van der Waals surface area contributed by atoms with E-state index in [1.54, 1.807) is 0 Å². The topological polar surface area (TPSA) is 50.4 Å². The minimum absolute atomic E-state index is 0.0415. The van der Waals surface area contributed by atoms with Gasteiger partial charge < -0.3 is 15.4 Å². The molecule has 0 bridgehead atoms. The summed E-state index contributed by atoms with van der Waals surface area (Å²) in [6.07, 6.45) is -0.401. The molecule has 23 heavy (non-hydrogen) atoms. The third-order valence-electron chi connectivity index (χ3n) is 3.30. The predicted molar refractivity (Wildman–Crippen MR) is 98.8 cm³/mol. The Labute approximate surface area is 152 Å². The van der Waals surface area contributed by atoms with E-state index in [4.69, 9.17) is 27.9 Å². The summed E-state index contributed by atoms with van der Waals surface area (Å²) in [4.78, 5) is 11.9. The largest absolute Gasteiger partial charge is 0.444 e.